The van der Waals surface area contributed by atoms with Crippen molar-refractivity contribution < 1.29 is 18.7 Å². The summed E-state index contributed by atoms with van der Waals surface area (Å²) < 4.78 is 17.4. The number of hydrogen-bond acceptors (Lipinski definition) is 3. The predicted molar refractivity (Wildman–Crippen MR) is 85.7 cm³/mol. The SMILES string of the molecule is COC(=O)C(C(N)=O)c1ccc(/C=C/c2ccc(F)cc2)cc1. The van der Waals surface area contributed by atoms with Crippen molar-refractivity contribution >= 4 is 24.0 Å². The number of nitrogens with two attached hydrogens (primary N) is 1. The lowest BCUT2D eigenvalue weighted by molar-refractivity contribution is -0.145. The summed E-state index contributed by atoms with van der Waals surface area (Å²) in [5.74, 6) is -2.85. The molecule has 0 radical (unpaired) electrons. The first-order valence-electron chi connectivity index (χ1n) is 6.92. The van der Waals surface area contributed by atoms with Crippen LogP contribution < -0.4 is 5.73 Å². The lowest BCUT2D eigenvalue weighted by Crippen LogP contribution is -2.29. The predicted octanol–water partition coefficient (Wildman–Crippen LogP) is 2.74. The van der Waals surface area contributed by atoms with Gasteiger partial charge in [0, 0.05) is 0 Å². The van der Waals surface area contributed by atoms with Crippen molar-refractivity contribution in [3.63, 3.8) is 0 Å². The Labute approximate surface area is 133 Å². The first-order valence-corrected chi connectivity index (χ1v) is 6.92. The number of carbonyl (C=O) groups excluding carboxylic acids is 2. The van der Waals surface area contributed by atoms with E-state index in [0.29, 0.717) is 5.56 Å². The van der Waals surface area contributed by atoms with E-state index in [0.717, 1.165) is 11.1 Å². The zero-order valence-electron chi connectivity index (χ0n) is 12.5. The Morgan fingerprint density at radius 3 is 1.91 bits per heavy atom. The fourth-order valence-corrected chi connectivity index (χ4v) is 2.10. The van der Waals surface area contributed by atoms with Gasteiger partial charge in [-0.2, -0.15) is 0 Å². The summed E-state index contributed by atoms with van der Waals surface area (Å²) in [7, 11) is 1.21. The van der Waals surface area contributed by atoms with Gasteiger partial charge in [0.05, 0.1) is 7.11 Å². The highest BCUT2D eigenvalue weighted by Gasteiger charge is 2.26. The lowest BCUT2D eigenvalue weighted by Gasteiger charge is -2.11. The molecule has 0 bridgehead atoms. The third-order valence-corrected chi connectivity index (χ3v) is 3.33. The van der Waals surface area contributed by atoms with Crippen molar-refractivity contribution in [1.29, 1.82) is 0 Å². The van der Waals surface area contributed by atoms with E-state index in [1.165, 1.54) is 19.2 Å². The Balaban J connectivity index is 2.17. The first-order chi connectivity index (χ1) is 11.0. The highest BCUT2D eigenvalue weighted by molar-refractivity contribution is 6.02. The monoisotopic (exact) mass is 313 g/mol. The normalized spacial score (nSPS) is 12.1. The van der Waals surface area contributed by atoms with Gasteiger partial charge in [-0.3, -0.25) is 9.59 Å². The van der Waals surface area contributed by atoms with Crippen molar-refractivity contribution in [2.45, 2.75) is 5.92 Å². The van der Waals surface area contributed by atoms with Gasteiger partial charge in [-0.1, -0.05) is 48.6 Å². The zero-order valence-corrected chi connectivity index (χ0v) is 12.5. The van der Waals surface area contributed by atoms with Gasteiger partial charge < -0.3 is 10.5 Å². The second-order valence-corrected chi connectivity index (χ2v) is 4.91. The number of carbonyl (C=O) groups is 2. The van der Waals surface area contributed by atoms with Gasteiger partial charge in [-0.25, -0.2) is 4.39 Å². The lowest BCUT2D eigenvalue weighted by atomic mass is 9.97. The summed E-state index contributed by atoms with van der Waals surface area (Å²) in [5, 5.41) is 0. The molecule has 0 aliphatic carbocycles. The van der Waals surface area contributed by atoms with Crippen LogP contribution in [-0.4, -0.2) is 19.0 Å². The molecule has 0 saturated heterocycles. The second kappa shape index (κ2) is 7.35. The summed E-state index contributed by atoms with van der Waals surface area (Å²) in [6, 6.07) is 12.9. The van der Waals surface area contributed by atoms with Crippen LogP contribution in [0.4, 0.5) is 4.39 Å². The van der Waals surface area contributed by atoms with Gasteiger partial charge in [-0.05, 0) is 28.8 Å². The molecule has 0 fully saturated rings. The summed E-state index contributed by atoms with van der Waals surface area (Å²) in [6.07, 6.45) is 3.68. The topological polar surface area (TPSA) is 69.4 Å². The molecule has 1 unspecified atom stereocenters. The number of esters is 1. The van der Waals surface area contributed by atoms with E-state index in [1.54, 1.807) is 36.4 Å². The molecule has 2 rings (SSSR count). The molecule has 0 spiro atoms. The van der Waals surface area contributed by atoms with Crippen LogP contribution in [0.2, 0.25) is 0 Å². The standard InChI is InChI=1S/C18H16FNO3/c1-23-18(22)16(17(20)21)14-8-4-12(5-9-14)2-3-13-6-10-15(19)11-7-13/h2-11,16H,1H3,(H2,20,21)/b3-2+. The molecule has 118 valence electrons. The van der Waals surface area contributed by atoms with Crippen molar-refractivity contribution in [3.05, 3.63) is 71.0 Å². The third-order valence-electron chi connectivity index (χ3n) is 3.33. The van der Waals surface area contributed by atoms with E-state index >= 15 is 0 Å². The van der Waals surface area contributed by atoms with Crippen LogP contribution in [0.25, 0.3) is 12.2 Å². The maximum atomic E-state index is 12.8. The van der Waals surface area contributed by atoms with Crippen LogP contribution >= 0.6 is 0 Å². The second-order valence-electron chi connectivity index (χ2n) is 4.91. The Hall–Kier alpha value is -2.95. The summed E-state index contributed by atoms with van der Waals surface area (Å²) in [4.78, 5) is 23.0. The summed E-state index contributed by atoms with van der Waals surface area (Å²) in [6.45, 7) is 0. The third kappa shape index (κ3) is 4.26. The van der Waals surface area contributed by atoms with Crippen molar-refractivity contribution in [1.82, 2.24) is 0 Å². The molecule has 0 aliphatic heterocycles. The van der Waals surface area contributed by atoms with Crippen LogP contribution in [0.15, 0.2) is 48.5 Å². The molecule has 1 amide bonds. The molecule has 0 aromatic heterocycles. The van der Waals surface area contributed by atoms with E-state index in [2.05, 4.69) is 4.74 Å². The zero-order chi connectivity index (χ0) is 16.8. The number of halogens is 1. The smallest absolute Gasteiger partial charge is 0.322 e. The average molecular weight is 313 g/mol. The van der Waals surface area contributed by atoms with Gasteiger partial charge in [0.15, 0.2) is 5.92 Å². The maximum Gasteiger partial charge on any atom is 0.322 e. The van der Waals surface area contributed by atoms with E-state index in [9.17, 15) is 14.0 Å². The highest BCUT2D eigenvalue weighted by Crippen LogP contribution is 2.19. The maximum absolute atomic E-state index is 12.8. The number of methoxy groups -OCH3 is 1. The van der Waals surface area contributed by atoms with E-state index < -0.39 is 17.8 Å². The number of benzene rings is 2. The molecule has 2 aromatic rings. The molecular formula is C18H16FNO3. The van der Waals surface area contributed by atoms with Crippen LogP contribution in [-0.2, 0) is 14.3 Å². The largest absolute Gasteiger partial charge is 0.468 e. The van der Waals surface area contributed by atoms with Crippen LogP contribution in [0.3, 0.4) is 0 Å². The fraction of sp³-hybridized carbons (Fsp3) is 0.111. The molecular weight excluding hydrogens is 297 g/mol. The fourth-order valence-electron chi connectivity index (χ4n) is 2.10. The van der Waals surface area contributed by atoms with E-state index in [1.807, 2.05) is 12.2 Å². The average Bonchev–Trinajstić information content (AvgIpc) is 2.55. The first kappa shape index (κ1) is 16.4. The minimum absolute atomic E-state index is 0.285. The number of amides is 1. The Morgan fingerprint density at radius 2 is 1.48 bits per heavy atom. The van der Waals surface area contributed by atoms with Gasteiger partial charge >= 0.3 is 5.97 Å². The summed E-state index contributed by atoms with van der Waals surface area (Å²) >= 11 is 0. The van der Waals surface area contributed by atoms with Gasteiger partial charge in [0.25, 0.3) is 0 Å². The number of primary amides is 1. The summed E-state index contributed by atoms with van der Waals surface area (Å²) in [5.41, 5.74) is 7.45. The number of hydrogen-bond donors (Lipinski definition) is 1. The molecule has 0 aliphatic rings. The Kier molecular flexibility index (Phi) is 5.25. The molecule has 5 heteroatoms. The minimum atomic E-state index is -1.12. The van der Waals surface area contributed by atoms with Gasteiger partial charge in [-0.15, -0.1) is 0 Å². The van der Waals surface area contributed by atoms with Crippen LogP contribution in [0, 0.1) is 5.82 Å². The van der Waals surface area contributed by atoms with E-state index in [-0.39, 0.29) is 5.82 Å². The molecule has 0 heterocycles. The Morgan fingerprint density at radius 1 is 1.00 bits per heavy atom. The van der Waals surface area contributed by atoms with E-state index in [4.69, 9.17) is 5.73 Å². The van der Waals surface area contributed by atoms with Crippen molar-refractivity contribution in [2.75, 3.05) is 7.11 Å². The quantitative estimate of drug-likeness (QED) is 0.524. The Bertz CT molecular complexity index is 721. The molecule has 4 nitrogen and oxygen atoms in total. The number of ether oxygens (including phenoxy) is 1. The van der Waals surface area contributed by atoms with Crippen LogP contribution in [0.5, 0.6) is 0 Å². The van der Waals surface area contributed by atoms with Crippen molar-refractivity contribution in [3.8, 4) is 0 Å². The van der Waals surface area contributed by atoms with Gasteiger partial charge in [0.1, 0.15) is 5.82 Å². The van der Waals surface area contributed by atoms with Crippen molar-refractivity contribution in [2.24, 2.45) is 5.73 Å². The molecule has 23 heavy (non-hydrogen) atoms. The van der Waals surface area contributed by atoms with Gasteiger partial charge in [0.2, 0.25) is 5.91 Å². The molecule has 1 atom stereocenters. The highest BCUT2D eigenvalue weighted by atomic mass is 19.1. The molecule has 2 N–H and O–H groups in total. The molecule has 2 aromatic carbocycles. The molecule has 0 saturated carbocycles. The number of rotatable bonds is 5. The van der Waals surface area contributed by atoms with Crippen LogP contribution in [0.1, 0.15) is 22.6 Å². The minimum Gasteiger partial charge on any atom is -0.468 e.